The quantitative estimate of drug-likeness (QED) is 0.649. The van der Waals surface area contributed by atoms with E-state index in [1.54, 1.807) is 27.7 Å². The molecule has 14 heavy (non-hydrogen) atoms. The van der Waals surface area contributed by atoms with Crippen molar-refractivity contribution >= 4 is 5.84 Å². The monoisotopic (exact) mass is 208 g/mol. The fourth-order valence-corrected chi connectivity index (χ4v) is 1.95. The number of amidine groups is 1. The van der Waals surface area contributed by atoms with Crippen molar-refractivity contribution < 1.29 is 13.2 Å². The van der Waals surface area contributed by atoms with E-state index in [-0.39, 0.29) is 0 Å². The lowest BCUT2D eigenvalue weighted by Crippen LogP contribution is -2.56. The Morgan fingerprint density at radius 1 is 1.21 bits per heavy atom. The van der Waals surface area contributed by atoms with Crippen LogP contribution < -0.4 is 5.32 Å². The van der Waals surface area contributed by atoms with Crippen LogP contribution in [0.5, 0.6) is 0 Å². The molecule has 0 unspecified atom stereocenters. The molecule has 0 aliphatic carbocycles. The van der Waals surface area contributed by atoms with Gasteiger partial charge in [0.25, 0.3) is 0 Å². The maximum Gasteiger partial charge on any atom is 0.448 e. The maximum atomic E-state index is 12.4. The summed E-state index contributed by atoms with van der Waals surface area (Å²) in [6, 6.07) is 0. The number of hydrogen-bond donors (Lipinski definition) is 1. The second-order valence-corrected chi connectivity index (χ2v) is 4.96. The molecule has 0 saturated heterocycles. The summed E-state index contributed by atoms with van der Waals surface area (Å²) in [6.07, 6.45) is -3.80. The van der Waals surface area contributed by atoms with Crippen molar-refractivity contribution in [1.82, 2.24) is 5.32 Å². The molecule has 0 aromatic carbocycles. The van der Waals surface area contributed by atoms with Gasteiger partial charge < -0.3 is 5.32 Å². The lowest BCUT2D eigenvalue weighted by molar-refractivity contribution is -0.0654. The molecule has 1 heterocycles. The van der Waals surface area contributed by atoms with Gasteiger partial charge in [0.15, 0.2) is 0 Å². The van der Waals surface area contributed by atoms with Gasteiger partial charge in [-0.3, -0.25) is 4.99 Å². The predicted octanol–water partition coefficient (Wildman–Crippen LogP) is 2.50. The molecular weight excluding hydrogens is 193 g/mol. The van der Waals surface area contributed by atoms with Crippen LogP contribution in [0.1, 0.15) is 34.1 Å². The van der Waals surface area contributed by atoms with E-state index in [1.807, 2.05) is 0 Å². The van der Waals surface area contributed by atoms with Crippen molar-refractivity contribution in [3.63, 3.8) is 0 Å². The zero-order valence-corrected chi connectivity index (χ0v) is 8.79. The lowest BCUT2D eigenvalue weighted by Gasteiger charge is -2.40. The SMILES string of the molecule is CC1(C)CC(C)(C)NC(C(F)(F)F)=N1. The highest BCUT2D eigenvalue weighted by Crippen LogP contribution is 2.31. The molecule has 0 spiro atoms. The van der Waals surface area contributed by atoms with Crippen LogP contribution >= 0.6 is 0 Å². The van der Waals surface area contributed by atoms with Gasteiger partial charge in [0.1, 0.15) is 0 Å². The summed E-state index contributed by atoms with van der Waals surface area (Å²) in [5.74, 6) is -0.862. The molecule has 1 aliphatic rings. The molecule has 1 N–H and O–H groups in total. The van der Waals surface area contributed by atoms with E-state index in [1.165, 1.54) is 0 Å². The van der Waals surface area contributed by atoms with Gasteiger partial charge >= 0.3 is 6.18 Å². The molecule has 0 atom stereocenters. The van der Waals surface area contributed by atoms with Crippen molar-refractivity contribution in [3.8, 4) is 0 Å². The highest BCUT2D eigenvalue weighted by atomic mass is 19.4. The van der Waals surface area contributed by atoms with Crippen molar-refractivity contribution in [3.05, 3.63) is 0 Å². The largest absolute Gasteiger partial charge is 0.448 e. The summed E-state index contributed by atoms with van der Waals surface area (Å²) in [7, 11) is 0. The standard InChI is InChI=1S/C9H15F3N2/c1-7(2)5-8(3,4)14-6(13-7)9(10,11)12/h5H2,1-4H3,(H,13,14). The molecule has 0 aromatic heterocycles. The first-order chi connectivity index (χ1) is 6.02. The van der Waals surface area contributed by atoms with Crippen LogP contribution in [-0.2, 0) is 0 Å². The van der Waals surface area contributed by atoms with Crippen molar-refractivity contribution in [2.45, 2.75) is 51.4 Å². The molecule has 1 rings (SSSR count). The molecule has 5 heteroatoms. The third-order valence-corrected chi connectivity index (χ3v) is 2.01. The van der Waals surface area contributed by atoms with Gasteiger partial charge in [-0.1, -0.05) is 0 Å². The first-order valence-electron chi connectivity index (χ1n) is 4.47. The second-order valence-electron chi connectivity index (χ2n) is 4.96. The molecule has 1 aliphatic heterocycles. The summed E-state index contributed by atoms with van der Waals surface area (Å²) >= 11 is 0. The van der Waals surface area contributed by atoms with E-state index in [9.17, 15) is 13.2 Å². The van der Waals surface area contributed by atoms with E-state index in [0.717, 1.165) is 0 Å². The minimum atomic E-state index is -4.38. The minimum absolute atomic E-state index is 0.559. The van der Waals surface area contributed by atoms with Crippen LogP contribution in [0.15, 0.2) is 4.99 Å². The Morgan fingerprint density at radius 2 is 1.71 bits per heavy atom. The Kier molecular flexibility index (Phi) is 2.33. The van der Waals surface area contributed by atoms with E-state index >= 15 is 0 Å². The Bertz CT molecular complexity index is 264. The van der Waals surface area contributed by atoms with E-state index in [2.05, 4.69) is 10.3 Å². The summed E-state index contributed by atoms with van der Waals surface area (Å²) in [5, 5.41) is 2.41. The number of aliphatic imine (C=N–C) groups is 1. The Labute approximate surface area is 81.6 Å². The van der Waals surface area contributed by atoms with Crippen LogP contribution in [0.25, 0.3) is 0 Å². The molecule has 0 saturated carbocycles. The number of rotatable bonds is 0. The van der Waals surface area contributed by atoms with Gasteiger partial charge in [0.05, 0.1) is 5.54 Å². The van der Waals surface area contributed by atoms with Crippen molar-refractivity contribution in [2.75, 3.05) is 0 Å². The van der Waals surface area contributed by atoms with Crippen LogP contribution in [0.2, 0.25) is 0 Å². The normalized spacial score (nSPS) is 25.2. The Hall–Kier alpha value is -0.740. The third-order valence-electron chi connectivity index (χ3n) is 2.01. The highest BCUT2D eigenvalue weighted by Gasteiger charge is 2.44. The van der Waals surface area contributed by atoms with Gasteiger partial charge in [-0.15, -0.1) is 0 Å². The van der Waals surface area contributed by atoms with E-state index in [0.29, 0.717) is 6.42 Å². The smallest absolute Gasteiger partial charge is 0.361 e. The second kappa shape index (κ2) is 2.87. The fraction of sp³-hybridized carbons (Fsp3) is 0.889. The van der Waals surface area contributed by atoms with Crippen LogP contribution in [0, 0.1) is 0 Å². The molecular formula is C9H15F3N2. The maximum absolute atomic E-state index is 12.4. The molecule has 0 bridgehead atoms. The zero-order valence-electron chi connectivity index (χ0n) is 8.79. The molecule has 0 fully saturated rings. The predicted molar refractivity (Wildman–Crippen MR) is 49.4 cm³/mol. The molecule has 0 radical (unpaired) electrons. The average molecular weight is 208 g/mol. The van der Waals surface area contributed by atoms with Gasteiger partial charge in [-0.05, 0) is 34.1 Å². The zero-order chi connectivity index (χ0) is 11.2. The minimum Gasteiger partial charge on any atom is -0.361 e. The van der Waals surface area contributed by atoms with E-state index < -0.39 is 23.1 Å². The molecule has 2 nitrogen and oxygen atoms in total. The van der Waals surface area contributed by atoms with E-state index in [4.69, 9.17) is 0 Å². The Balaban J connectivity index is 3.03. The third kappa shape index (κ3) is 2.62. The summed E-state index contributed by atoms with van der Waals surface area (Å²) in [5.41, 5.74) is -1.21. The molecule has 82 valence electrons. The summed E-state index contributed by atoms with van der Waals surface area (Å²) < 4.78 is 37.3. The highest BCUT2D eigenvalue weighted by molar-refractivity contribution is 5.89. The van der Waals surface area contributed by atoms with Crippen LogP contribution in [-0.4, -0.2) is 23.1 Å². The Morgan fingerprint density at radius 3 is 2.07 bits per heavy atom. The van der Waals surface area contributed by atoms with Gasteiger partial charge in [-0.2, -0.15) is 13.2 Å². The number of nitrogens with one attached hydrogen (secondary N) is 1. The topological polar surface area (TPSA) is 24.4 Å². The first-order valence-corrected chi connectivity index (χ1v) is 4.47. The number of hydrogen-bond acceptors (Lipinski definition) is 2. The van der Waals surface area contributed by atoms with Gasteiger partial charge in [0, 0.05) is 5.54 Å². The summed E-state index contributed by atoms with van der Waals surface area (Å²) in [6.45, 7) is 6.91. The number of halogens is 3. The van der Waals surface area contributed by atoms with Crippen LogP contribution in [0.3, 0.4) is 0 Å². The number of nitrogens with zero attached hydrogens (tertiary/aromatic N) is 1. The number of alkyl halides is 3. The van der Waals surface area contributed by atoms with Crippen LogP contribution in [0.4, 0.5) is 13.2 Å². The average Bonchev–Trinajstić information content (AvgIpc) is 1.76. The lowest BCUT2D eigenvalue weighted by atomic mass is 9.85. The van der Waals surface area contributed by atoms with Crippen molar-refractivity contribution in [2.24, 2.45) is 4.99 Å². The first kappa shape index (κ1) is 11.3. The molecule has 0 amide bonds. The van der Waals surface area contributed by atoms with Crippen molar-refractivity contribution in [1.29, 1.82) is 0 Å². The summed E-state index contributed by atoms with van der Waals surface area (Å²) in [4.78, 5) is 3.66. The van der Waals surface area contributed by atoms with Gasteiger partial charge in [0.2, 0.25) is 5.84 Å². The van der Waals surface area contributed by atoms with Gasteiger partial charge in [-0.25, -0.2) is 0 Å². The molecule has 0 aromatic rings. The fourth-order valence-electron chi connectivity index (χ4n) is 1.95.